The number of rotatable bonds is 6. The quantitative estimate of drug-likeness (QED) is 0.391. The van der Waals surface area contributed by atoms with Crippen LogP contribution < -0.4 is 10.9 Å². The normalized spacial score (nSPS) is 11.0. The summed E-state index contributed by atoms with van der Waals surface area (Å²) in [4.78, 5) is 29.5. The van der Waals surface area contributed by atoms with E-state index in [1.165, 1.54) is 12.1 Å². The summed E-state index contributed by atoms with van der Waals surface area (Å²) in [5.74, 6) is -0.943. The molecule has 3 aromatic rings. The third kappa shape index (κ3) is 4.74. The number of carbonyl (C=O) groups is 1. The number of fused-ring (bicyclic) bond motifs is 1. The Morgan fingerprint density at radius 1 is 1.32 bits per heavy atom. The van der Waals surface area contributed by atoms with Gasteiger partial charge < -0.3 is 5.32 Å². The van der Waals surface area contributed by atoms with Crippen LogP contribution in [-0.4, -0.2) is 21.2 Å². The van der Waals surface area contributed by atoms with E-state index in [2.05, 4.69) is 26.2 Å². The van der Waals surface area contributed by atoms with Crippen LogP contribution in [0.4, 0.5) is 10.1 Å². The Morgan fingerprint density at radius 2 is 2.11 bits per heavy atom. The number of hydrogen-bond acceptors (Lipinski definition) is 4. The number of anilines is 1. The summed E-state index contributed by atoms with van der Waals surface area (Å²) in [6.45, 7) is 2.44. The first-order valence-electron chi connectivity index (χ1n) is 8.47. The van der Waals surface area contributed by atoms with Crippen molar-refractivity contribution in [2.45, 2.75) is 25.0 Å². The van der Waals surface area contributed by atoms with Crippen LogP contribution in [0.1, 0.15) is 13.3 Å². The molecule has 0 radical (unpaired) electrons. The molecule has 1 aromatic heterocycles. The maximum Gasteiger partial charge on any atom is 0.262 e. The predicted molar refractivity (Wildman–Crippen MR) is 115 cm³/mol. The Hall–Kier alpha value is -1.90. The number of halogens is 3. The van der Waals surface area contributed by atoms with Gasteiger partial charge in [0.1, 0.15) is 5.82 Å². The van der Waals surface area contributed by atoms with Crippen LogP contribution in [0.3, 0.4) is 0 Å². The molecule has 28 heavy (non-hydrogen) atoms. The van der Waals surface area contributed by atoms with Crippen LogP contribution in [0, 0.1) is 5.82 Å². The van der Waals surface area contributed by atoms with Gasteiger partial charge >= 0.3 is 0 Å². The van der Waals surface area contributed by atoms with Crippen LogP contribution in [0.15, 0.2) is 50.8 Å². The molecule has 0 aliphatic carbocycles. The highest BCUT2D eigenvalue weighted by molar-refractivity contribution is 9.10. The van der Waals surface area contributed by atoms with Gasteiger partial charge in [0.15, 0.2) is 5.16 Å². The number of nitrogens with zero attached hydrogens (tertiary/aromatic N) is 2. The third-order valence-corrected chi connectivity index (χ3v) is 5.57. The molecule has 0 saturated heterocycles. The van der Waals surface area contributed by atoms with Crippen molar-refractivity contribution in [2.75, 3.05) is 11.1 Å². The van der Waals surface area contributed by atoms with Crippen molar-refractivity contribution in [3.63, 3.8) is 0 Å². The minimum Gasteiger partial charge on any atom is -0.323 e. The Bertz CT molecular complexity index is 1110. The first-order valence-corrected chi connectivity index (χ1v) is 10.6. The Labute approximate surface area is 178 Å². The first-order chi connectivity index (χ1) is 13.4. The molecule has 1 heterocycles. The van der Waals surface area contributed by atoms with Crippen LogP contribution in [0.5, 0.6) is 0 Å². The zero-order chi connectivity index (χ0) is 20.3. The second-order valence-electron chi connectivity index (χ2n) is 5.97. The summed E-state index contributed by atoms with van der Waals surface area (Å²) in [6, 6.07) is 9.31. The van der Waals surface area contributed by atoms with Crippen molar-refractivity contribution in [3.8, 4) is 0 Å². The zero-order valence-corrected chi connectivity index (χ0v) is 18.0. The fraction of sp³-hybridized carbons (Fsp3) is 0.211. The van der Waals surface area contributed by atoms with Crippen molar-refractivity contribution in [1.29, 1.82) is 0 Å². The molecule has 1 amide bonds. The molecule has 0 spiro atoms. The molecule has 5 nitrogen and oxygen atoms in total. The monoisotopic (exact) mass is 483 g/mol. The SMILES string of the molecule is CCCn1c(SCC(=O)Nc2ccc(Br)cc2F)nc2cc(Cl)ccc2c1=O. The standard InChI is InChI=1S/C19H16BrClFN3O2S/c1-2-7-25-18(27)13-5-4-12(21)9-16(13)24-19(25)28-10-17(26)23-15-6-3-11(20)8-14(15)22/h3-6,8-9H,2,7,10H2,1H3,(H,23,26). The molecule has 1 N–H and O–H groups in total. The summed E-state index contributed by atoms with van der Waals surface area (Å²) in [5, 5.41) is 3.91. The van der Waals surface area contributed by atoms with Crippen molar-refractivity contribution in [3.05, 3.63) is 62.1 Å². The van der Waals surface area contributed by atoms with E-state index in [1.807, 2.05) is 6.92 Å². The number of hydrogen-bond donors (Lipinski definition) is 1. The molecule has 0 fully saturated rings. The lowest BCUT2D eigenvalue weighted by molar-refractivity contribution is -0.113. The minimum atomic E-state index is -0.533. The van der Waals surface area contributed by atoms with E-state index < -0.39 is 11.7 Å². The number of aromatic nitrogens is 2. The molecule has 0 aliphatic rings. The lowest BCUT2D eigenvalue weighted by Crippen LogP contribution is -2.24. The Morgan fingerprint density at radius 3 is 2.82 bits per heavy atom. The van der Waals surface area contributed by atoms with Crippen molar-refractivity contribution in [1.82, 2.24) is 9.55 Å². The fourth-order valence-electron chi connectivity index (χ4n) is 2.61. The fourth-order valence-corrected chi connectivity index (χ4v) is 3.94. The predicted octanol–water partition coefficient (Wildman–Crippen LogP) is 5.09. The molecule has 0 aliphatic heterocycles. The summed E-state index contributed by atoms with van der Waals surface area (Å²) >= 11 is 10.3. The van der Waals surface area contributed by atoms with Crippen molar-refractivity contribution in [2.24, 2.45) is 0 Å². The van der Waals surface area contributed by atoms with Gasteiger partial charge in [0, 0.05) is 16.0 Å². The average Bonchev–Trinajstić information content (AvgIpc) is 2.65. The lowest BCUT2D eigenvalue weighted by Gasteiger charge is -2.12. The third-order valence-electron chi connectivity index (χ3n) is 3.87. The van der Waals surface area contributed by atoms with Gasteiger partial charge in [0.25, 0.3) is 5.56 Å². The smallest absolute Gasteiger partial charge is 0.262 e. The number of amides is 1. The highest BCUT2D eigenvalue weighted by atomic mass is 79.9. The highest BCUT2D eigenvalue weighted by Gasteiger charge is 2.14. The summed E-state index contributed by atoms with van der Waals surface area (Å²) in [5.41, 5.74) is 0.398. The van der Waals surface area contributed by atoms with Gasteiger partial charge in [-0.1, -0.05) is 46.2 Å². The van der Waals surface area contributed by atoms with E-state index in [-0.39, 0.29) is 17.0 Å². The van der Waals surface area contributed by atoms with E-state index >= 15 is 0 Å². The zero-order valence-electron chi connectivity index (χ0n) is 14.8. The van der Waals surface area contributed by atoms with Gasteiger partial charge in [0.2, 0.25) is 5.91 Å². The van der Waals surface area contributed by atoms with Crippen molar-refractivity contribution >= 4 is 61.8 Å². The topological polar surface area (TPSA) is 64.0 Å². The maximum absolute atomic E-state index is 13.9. The Kier molecular flexibility index (Phi) is 6.74. The molecule has 0 atom stereocenters. The van der Waals surface area contributed by atoms with Gasteiger partial charge in [-0.2, -0.15) is 0 Å². The summed E-state index contributed by atoms with van der Waals surface area (Å²) in [6.07, 6.45) is 0.741. The van der Waals surface area contributed by atoms with E-state index in [0.717, 1.165) is 18.2 Å². The van der Waals surface area contributed by atoms with Gasteiger partial charge in [0.05, 0.1) is 22.3 Å². The van der Waals surface area contributed by atoms with Crippen LogP contribution in [-0.2, 0) is 11.3 Å². The summed E-state index contributed by atoms with van der Waals surface area (Å²) < 4.78 is 16.0. The average molecular weight is 485 g/mol. The van der Waals surface area contributed by atoms with Gasteiger partial charge in [-0.3, -0.25) is 14.2 Å². The van der Waals surface area contributed by atoms with Gasteiger partial charge in [-0.15, -0.1) is 0 Å². The maximum atomic E-state index is 13.9. The first kappa shape index (κ1) is 20.8. The largest absolute Gasteiger partial charge is 0.323 e. The molecular weight excluding hydrogens is 469 g/mol. The van der Waals surface area contributed by atoms with E-state index in [9.17, 15) is 14.0 Å². The molecule has 2 aromatic carbocycles. The second-order valence-corrected chi connectivity index (χ2v) is 8.27. The van der Waals surface area contributed by atoms with E-state index in [1.54, 1.807) is 28.8 Å². The number of benzene rings is 2. The number of nitrogens with one attached hydrogen (secondary N) is 1. The second kappa shape index (κ2) is 9.07. The van der Waals surface area contributed by atoms with Gasteiger partial charge in [-0.25, -0.2) is 9.37 Å². The van der Waals surface area contributed by atoms with Gasteiger partial charge in [-0.05, 0) is 42.8 Å². The molecule has 146 valence electrons. The minimum absolute atomic E-state index is 0.0161. The molecule has 0 bridgehead atoms. The van der Waals surface area contributed by atoms with Crippen LogP contribution in [0.25, 0.3) is 10.9 Å². The molecule has 0 saturated carbocycles. The molecule has 3 rings (SSSR count). The number of carbonyl (C=O) groups excluding carboxylic acids is 1. The lowest BCUT2D eigenvalue weighted by atomic mass is 10.2. The van der Waals surface area contributed by atoms with Crippen molar-refractivity contribution < 1.29 is 9.18 Å². The molecule has 0 unspecified atom stereocenters. The van der Waals surface area contributed by atoms with E-state index in [0.29, 0.717) is 32.1 Å². The number of thioether (sulfide) groups is 1. The Balaban J connectivity index is 1.83. The van der Waals surface area contributed by atoms with E-state index in [4.69, 9.17) is 11.6 Å². The van der Waals surface area contributed by atoms with Crippen LogP contribution in [0.2, 0.25) is 5.02 Å². The molecule has 9 heteroatoms. The van der Waals surface area contributed by atoms with Crippen LogP contribution >= 0.6 is 39.3 Å². The molecular formula is C19H16BrClFN3O2S. The summed E-state index contributed by atoms with van der Waals surface area (Å²) in [7, 11) is 0. The highest BCUT2D eigenvalue weighted by Crippen LogP contribution is 2.22.